The highest BCUT2D eigenvalue weighted by Crippen LogP contribution is 2.31. The zero-order valence-corrected chi connectivity index (χ0v) is 9.43. The summed E-state index contributed by atoms with van der Waals surface area (Å²) in [4.78, 5) is 20.1. The monoisotopic (exact) mass is 273 g/mol. The molecule has 0 radical (unpaired) electrons. The van der Waals surface area contributed by atoms with Crippen LogP contribution in [-0.4, -0.2) is 18.3 Å². The molecule has 6 heteroatoms. The van der Waals surface area contributed by atoms with Crippen LogP contribution < -0.4 is 4.74 Å². The molecule has 0 amide bonds. The van der Waals surface area contributed by atoms with Crippen LogP contribution in [-0.2, 0) is 4.79 Å². The van der Waals surface area contributed by atoms with E-state index < -0.39 is 9.75 Å². The molecule has 0 fully saturated rings. The topological polar surface area (TPSA) is 69.4 Å². The van der Waals surface area contributed by atoms with Gasteiger partial charge in [-0.1, -0.05) is 22.0 Å². The van der Waals surface area contributed by atoms with E-state index in [-0.39, 0.29) is 11.4 Å². The van der Waals surface area contributed by atoms with Crippen molar-refractivity contribution in [2.45, 2.75) is 4.83 Å². The number of benzene rings is 1. The number of hydrogen-bond acceptors (Lipinski definition) is 4. The van der Waals surface area contributed by atoms with E-state index in [0.717, 1.165) is 0 Å². The van der Waals surface area contributed by atoms with Gasteiger partial charge in [-0.05, 0) is 11.6 Å². The Morgan fingerprint density at radius 2 is 2.27 bits per heavy atom. The van der Waals surface area contributed by atoms with Crippen LogP contribution in [0.2, 0.25) is 0 Å². The maximum atomic E-state index is 10.7. The van der Waals surface area contributed by atoms with E-state index in [9.17, 15) is 14.9 Å². The Balaban J connectivity index is 3.21. The number of hydrogen-bond donors (Lipinski definition) is 0. The fourth-order valence-electron chi connectivity index (χ4n) is 1.10. The van der Waals surface area contributed by atoms with E-state index in [0.29, 0.717) is 11.8 Å². The second-order valence-electron chi connectivity index (χ2n) is 2.73. The molecule has 80 valence electrons. The molecule has 0 aliphatic heterocycles. The van der Waals surface area contributed by atoms with Crippen molar-refractivity contribution >= 4 is 27.9 Å². The van der Waals surface area contributed by atoms with Gasteiger partial charge in [0.25, 0.3) is 0 Å². The summed E-state index contributed by atoms with van der Waals surface area (Å²) in [6.45, 7) is 0. The zero-order valence-electron chi connectivity index (χ0n) is 7.84. The van der Waals surface area contributed by atoms with Gasteiger partial charge in [-0.15, -0.1) is 0 Å². The largest absolute Gasteiger partial charge is 0.490 e. The third-order valence-electron chi connectivity index (χ3n) is 1.84. The number of carbonyl (C=O) groups is 1. The van der Waals surface area contributed by atoms with Gasteiger partial charge in [-0.25, -0.2) is 0 Å². The van der Waals surface area contributed by atoms with Gasteiger partial charge in [0.1, 0.15) is 6.29 Å². The normalized spacial score (nSPS) is 11.9. The zero-order chi connectivity index (χ0) is 11.4. The molecule has 0 aromatic heterocycles. The molecule has 0 spiro atoms. The van der Waals surface area contributed by atoms with E-state index in [1.54, 1.807) is 6.07 Å². The maximum Gasteiger partial charge on any atom is 0.311 e. The minimum Gasteiger partial charge on any atom is -0.490 e. The van der Waals surface area contributed by atoms with Gasteiger partial charge in [0, 0.05) is 6.07 Å². The highest BCUT2D eigenvalue weighted by molar-refractivity contribution is 9.09. The average molecular weight is 274 g/mol. The Morgan fingerprint density at radius 3 is 2.73 bits per heavy atom. The summed E-state index contributed by atoms with van der Waals surface area (Å²) in [5.74, 6) is 0.175. The summed E-state index contributed by atoms with van der Waals surface area (Å²) in [5.41, 5.74) is 0.374. The molecule has 0 saturated carbocycles. The van der Waals surface area contributed by atoms with Crippen LogP contribution in [0.3, 0.4) is 0 Å². The lowest BCUT2D eigenvalue weighted by Crippen LogP contribution is -1.97. The van der Waals surface area contributed by atoms with Gasteiger partial charge in [-0.3, -0.25) is 10.1 Å². The van der Waals surface area contributed by atoms with E-state index in [4.69, 9.17) is 4.74 Å². The van der Waals surface area contributed by atoms with Crippen LogP contribution in [0.4, 0.5) is 5.69 Å². The third kappa shape index (κ3) is 2.53. The fraction of sp³-hybridized carbons (Fsp3) is 0.222. The Labute approximate surface area is 94.3 Å². The molecule has 0 aliphatic carbocycles. The molecule has 0 bridgehead atoms. The first-order valence-electron chi connectivity index (χ1n) is 4.02. The van der Waals surface area contributed by atoms with Gasteiger partial charge in [0.15, 0.2) is 5.75 Å². The van der Waals surface area contributed by atoms with Crippen LogP contribution in [0.5, 0.6) is 5.75 Å². The van der Waals surface area contributed by atoms with Gasteiger partial charge in [0.05, 0.1) is 16.9 Å². The fourth-order valence-corrected chi connectivity index (χ4v) is 1.38. The summed E-state index contributed by atoms with van der Waals surface area (Å²) in [5, 5.41) is 10.7. The lowest BCUT2D eigenvalue weighted by molar-refractivity contribution is -0.385. The quantitative estimate of drug-likeness (QED) is 0.365. The van der Waals surface area contributed by atoms with E-state index in [1.165, 1.54) is 19.2 Å². The number of rotatable bonds is 4. The SMILES string of the molecule is COc1ccc(C(Br)C=O)cc1[N+](=O)[O-]. The Bertz CT molecular complexity index is 394. The highest BCUT2D eigenvalue weighted by Gasteiger charge is 2.17. The lowest BCUT2D eigenvalue weighted by Gasteiger charge is -2.05. The summed E-state index contributed by atoms with van der Waals surface area (Å²) >= 11 is 3.08. The number of nitrogens with zero attached hydrogens (tertiary/aromatic N) is 1. The number of carbonyl (C=O) groups excluding carboxylic acids is 1. The predicted molar refractivity (Wildman–Crippen MR) is 57.4 cm³/mol. The standard InChI is InChI=1S/C9H8BrNO4/c1-15-9-3-2-6(7(10)5-12)4-8(9)11(13)14/h2-5,7H,1H3. The molecule has 5 nitrogen and oxygen atoms in total. The summed E-state index contributed by atoms with van der Waals surface area (Å²) in [6, 6.07) is 4.37. The number of halogens is 1. The second kappa shape index (κ2) is 4.88. The molecule has 1 aromatic rings. The lowest BCUT2D eigenvalue weighted by atomic mass is 10.1. The van der Waals surface area contributed by atoms with Crippen molar-refractivity contribution in [3.8, 4) is 5.75 Å². The van der Waals surface area contributed by atoms with Crippen LogP contribution in [0.25, 0.3) is 0 Å². The van der Waals surface area contributed by atoms with Crippen LogP contribution in [0, 0.1) is 10.1 Å². The van der Waals surface area contributed by atoms with Crippen LogP contribution in [0.1, 0.15) is 10.4 Å². The molecular weight excluding hydrogens is 266 g/mol. The Kier molecular flexibility index (Phi) is 3.79. The smallest absolute Gasteiger partial charge is 0.311 e. The third-order valence-corrected chi connectivity index (χ3v) is 2.58. The summed E-state index contributed by atoms with van der Waals surface area (Å²) in [6.07, 6.45) is 0.658. The van der Waals surface area contributed by atoms with Crippen molar-refractivity contribution in [3.05, 3.63) is 33.9 Å². The second-order valence-corrected chi connectivity index (χ2v) is 3.71. The van der Waals surface area contributed by atoms with Crippen LogP contribution in [0.15, 0.2) is 18.2 Å². The van der Waals surface area contributed by atoms with E-state index in [1.807, 2.05) is 0 Å². The number of nitro groups is 1. The number of ether oxygens (including phenoxy) is 1. The Hall–Kier alpha value is -1.43. The average Bonchev–Trinajstić information content (AvgIpc) is 2.27. The number of alkyl halides is 1. The van der Waals surface area contributed by atoms with Gasteiger partial charge in [0.2, 0.25) is 0 Å². The van der Waals surface area contributed by atoms with Crippen molar-refractivity contribution in [2.75, 3.05) is 7.11 Å². The summed E-state index contributed by atoms with van der Waals surface area (Å²) in [7, 11) is 1.35. The molecule has 15 heavy (non-hydrogen) atoms. The summed E-state index contributed by atoms with van der Waals surface area (Å²) < 4.78 is 4.83. The molecular formula is C9H8BrNO4. The number of nitro benzene ring substituents is 1. The van der Waals surface area contributed by atoms with Crippen molar-refractivity contribution in [1.82, 2.24) is 0 Å². The number of methoxy groups -OCH3 is 1. The minimum absolute atomic E-state index is 0.152. The van der Waals surface area contributed by atoms with E-state index in [2.05, 4.69) is 15.9 Å². The van der Waals surface area contributed by atoms with Crippen molar-refractivity contribution in [2.24, 2.45) is 0 Å². The highest BCUT2D eigenvalue weighted by atomic mass is 79.9. The molecule has 0 heterocycles. The van der Waals surface area contributed by atoms with Crippen molar-refractivity contribution in [1.29, 1.82) is 0 Å². The first-order chi connectivity index (χ1) is 7.10. The first kappa shape index (κ1) is 11.6. The molecule has 0 N–H and O–H groups in total. The molecule has 1 aromatic carbocycles. The van der Waals surface area contributed by atoms with E-state index >= 15 is 0 Å². The predicted octanol–water partition coefficient (Wildman–Crippen LogP) is 2.24. The number of aldehydes is 1. The maximum absolute atomic E-state index is 10.7. The molecule has 1 atom stereocenters. The van der Waals surface area contributed by atoms with Gasteiger partial charge < -0.3 is 9.53 Å². The minimum atomic E-state index is -0.549. The molecule has 0 aliphatic rings. The first-order valence-corrected chi connectivity index (χ1v) is 4.93. The Morgan fingerprint density at radius 1 is 1.60 bits per heavy atom. The molecule has 1 unspecified atom stereocenters. The van der Waals surface area contributed by atoms with Crippen molar-refractivity contribution in [3.63, 3.8) is 0 Å². The molecule has 1 rings (SSSR count). The molecule has 0 saturated heterocycles. The van der Waals surface area contributed by atoms with Crippen LogP contribution >= 0.6 is 15.9 Å². The van der Waals surface area contributed by atoms with Gasteiger partial charge >= 0.3 is 5.69 Å². The van der Waals surface area contributed by atoms with Crippen molar-refractivity contribution < 1.29 is 14.5 Å². The van der Waals surface area contributed by atoms with Gasteiger partial charge in [-0.2, -0.15) is 0 Å².